The van der Waals surface area contributed by atoms with Crippen LogP contribution in [0.4, 0.5) is 5.13 Å². The molecule has 0 saturated heterocycles. The fourth-order valence-electron chi connectivity index (χ4n) is 2.44. The first-order valence-electron chi connectivity index (χ1n) is 7.51. The number of fused-ring (bicyclic) bond motifs is 1. The van der Waals surface area contributed by atoms with Crippen molar-refractivity contribution in [1.29, 1.82) is 0 Å². The molecule has 0 fully saturated rings. The van der Waals surface area contributed by atoms with Crippen LogP contribution in [0.15, 0.2) is 65.5 Å². The molecule has 0 bridgehead atoms. The summed E-state index contributed by atoms with van der Waals surface area (Å²) in [5.41, 5.74) is 1.70. The van der Waals surface area contributed by atoms with Crippen LogP contribution in [-0.4, -0.2) is 15.9 Å². The third-order valence-electron chi connectivity index (χ3n) is 3.61. The van der Waals surface area contributed by atoms with Crippen LogP contribution in [0.1, 0.15) is 16.1 Å². The molecule has 124 valence electrons. The summed E-state index contributed by atoms with van der Waals surface area (Å²) in [4.78, 5) is 23.2. The second kappa shape index (κ2) is 6.66. The Morgan fingerprint density at radius 2 is 2.16 bits per heavy atom. The number of thiazole rings is 1. The Morgan fingerprint density at radius 3 is 2.92 bits per heavy atom. The van der Waals surface area contributed by atoms with E-state index in [0.717, 1.165) is 15.8 Å². The highest BCUT2D eigenvalue weighted by molar-refractivity contribution is 7.22. The van der Waals surface area contributed by atoms with Gasteiger partial charge in [0.05, 0.1) is 23.0 Å². The van der Waals surface area contributed by atoms with Crippen molar-refractivity contribution in [3.05, 3.63) is 77.5 Å². The molecule has 0 unspecified atom stereocenters. The summed E-state index contributed by atoms with van der Waals surface area (Å²) >= 11 is 7.47. The van der Waals surface area contributed by atoms with Gasteiger partial charge in [-0.3, -0.25) is 14.7 Å². The summed E-state index contributed by atoms with van der Waals surface area (Å²) in [6.07, 6.45) is 4.90. The molecule has 3 heterocycles. The lowest BCUT2D eigenvalue weighted by Gasteiger charge is -2.18. The first-order chi connectivity index (χ1) is 12.2. The van der Waals surface area contributed by atoms with Crippen molar-refractivity contribution in [2.24, 2.45) is 0 Å². The molecule has 0 saturated carbocycles. The van der Waals surface area contributed by atoms with E-state index in [9.17, 15) is 4.79 Å². The highest BCUT2D eigenvalue weighted by Crippen LogP contribution is 2.32. The average Bonchev–Trinajstić information content (AvgIpc) is 3.29. The number of hydrogen-bond acceptors (Lipinski definition) is 5. The number of anilines is 1. The number of aromatic nitrogens is 2. The van der Waals surface area contributed by atoms with E-state index in [2.05, 4.69) is 9.97 Å². The maximum Gasteiger partial charge on any atom is 0.296 e. The molecular formula is C18H12ClN3O2S. The Kier molecular flexibility index (Phi) is 4.21. The number of halogens is 1. The van der Waals surface area contributed by atoms with Gasteiger partial charge in [0.15, 0.2) is 10.9 Å². The lowest BCUT2D eigenvalue weighted by atomic mass is 10.2. The van der Waals surface area contributed by atoms with E-state index < -0.39 is 0 Å². The molecule has 0 radical (unpaired) electrons. The molecule has 4 aromatic rings. The Labute approximate surface area is 152 Å². The standard InChI is InChI=1S/C18H12ClN3O2S/c19-13-5-6-14-16(9-13)25-18(21-14)22(11-12-3-1-7-20-10-12)17(23)15-4-2-8-24-15/h1-10H,11H2. The van der Waals surface area contributed by atoms with E-state index in [4.69, 9.17) is 16.0 Å². The number of nitrogens with zero attached hydrogens (tertiary/aromatic N) is 3. The quantitative estimate of drug-likeness (QED) is 0.519. The molecule has 7 heteroatoms. The van der Waals surface area contributed by atoms with E-state index >= 15 is 0 Å². The number of furan rings is 1. The van der Waals surface area contributed by atoms with E-state index in [1.54, 1.807) is 35.5 Å². The SMILES string of the molecule is O=C(c1ccco1)N(Cc1cccnc1)c1nc2ccc(Cl)cc2s1. The largest absolute Gasteiger partial charge is 0.459 e. The summed E-state index contributed by atoms with van der Waals surface area (Å²) in [5, 5.41) is 1.22. The molecule has 0 aliphatic heterocycles. The Balaban J connectivity index is 1.76. The van der Waals surface area contributed by atoms with Crippen molar-refractivity contribution >= 4 is 44.2 Å². The summed E-state index contributed by atoms with van der Waals surface area (Å²) in [6, 6.07) is 12.6. The molecule has 25 heavy (non-hydrogen) atoms. The number of hydrogen-bond donors (Lipinski definition) is 0. The van der Waals surface area contributed by atoms with Crippen LogP contribution < -0.4 is 4.90 Å². The smallest absolute Gasteiger partial charge is 0.296 e. The zero-order valence-corrected chi connectivity index (χ0v) is 14.5. The molecule has 0 atom stereocenters. The summed E-state index contributed by atoms with van der Waals surface area (Å²) in [6.45, 7) is 0.348. The maximum absolute atomic E-state index is 12.9. The van der Waals surface area contributed by atoms with Gasteiger partial charge in [0.1, 0.15) is 0 Å². The molecule has 0 aliphatic carbocycles. The summed E-state index contributed by atoms with van der Waals surface area (Å²) < 4.78 is 6.20. The average molecular weight is 370 g/mol. The lowest BCUT2D eigenvalue weighted by Crippen LogP contribution is -2.30. The van der Waals surface area contributed by atoms with Crippen molar-refractivity contribution in [3.8, 4) is 0 Å². The molecule has 3 aromatic heterocycles. The van der Waals surface area contributed by atoms with Crippen LogP contribution in [-0.2, 0) is 6.54 Å². The Morgan fingerprint density at radius 1 is 1.24 bits per heavy atom. The van der Waals surface area contributed by atoms with Gasteiger partial charge in [-0.2, -0.15) is 0 Å². The number of carbonyl (C=O) groups is 1. The first-order valence-corrected chi connectivity index (χ1v) is 8.70. The minimum Gasteiger partial charge on any atom is -0.459 e. The zero-order chi connectivity index (χ0) is 17.2. The minimum atomic E-state index is -0.251. The molecular weight excluding hydrogens is 358 g/mol. The van der Waals surface area contributed by atoms with Crippen LogP contribution >= 0.6 is 22.9 Å². The second-order valence-electron chi connectivity index (χ2n) is 5.34. The van der Waals surface area contributed by atoms with Crippen LogP contribution in [0.2, 0.25) is 5.02 Å². The van der Waals surface area contributed by atoms with Gasteiger partial charge in [-0.1, -0.05) is 29.0 Å². The van der Waals surface area contributed by atoms with Gasteiger partial charge >= 0.3 is 0 Å². The second-order valence-corrected chi connectivity index (χ2v) is 6.78. The predicted molar refractivity (Wildman–Crippen MR) is 98.1 cm³/mol. The van der Waals surface area contributed by atoms with E-state index in [1.807, 2.05) is 24.3 Å². The molecule has 4 rings (SSSR count). The third kappa shape index (κ3) is 3.26. The number of amides is 1. The Bertz CT molecular complexity index is 1020. The number of rotatable bonds is 4. The van der Waals surface area contributed by atoms with Crippen molar-refractivity contribution in [2.75, 3.05) is 4.90 Å². The normalized spacial score (nSPS) is 10.9. The van der Waals surface area contributed by atoms with Crippen LogP contribution in [0, 0.1) is 0 Å². The minimum absolute atomic E-state index is 0.251. The van der Waals surface area contributed by atoms with Crippen molar-refractivity contribution in [3.63, 3.8) is 0 Å². The molecule has 1 amide bonds. The van der Waals surface area contributed by atoms with Gasteiger partial charge in [-0.05, 0) is 42.0 Å². The third-order valence-corrected chi connectivity index (χ3v) is 4.89. The van der Waals surface area contributed by atoms with Gasteiger partial charge in [-0.25, -0.2) is 4.98 Å². The first kappa shape index (κ1) is 15.8. The van der Waals surface area contributed by atoms with E-state index in [0.29, 0.717) is 16.7 Å². The van der Waals surface area contributed by atoms with Crippen LogP contribution in [0.3, 0.4) is 0 Å². The predicted octanol–water partition coefficient (Wildman–Crippen LogP) is 4.78. The van der Waals surface area contributed by atoms with Gasteiger partial charge < -0.3 is 4.42 Å². The number of benzene rings is 1. The Hall–Kier alpha value is -2.70. The topological polar surface area (TPSA) is 59.2 Å². The molecule has 0 N–H and O–H groups in total. The van der Waals surface area contributed by atoms with Crippen molar-refractivity contribution < 1.29 is 9.21 Å². The maximum atomic E-state index is 12.9. The molecule has 0 spiro atoms. The van der Waals surface area contributed by atoms with E-state index in [-0.39, 0.29) is 11.7 Å². The van der Waals surface area contributed by atoms with Gasteiger partial charge in [0.25, 0.3) is 5.91 Å². The van der Waals surface area contributed by atoms with Crippen LogP contribution in [0.25, 0.3) is 10.2 Å². The highest BCUT2D eigenvalue weighted by atomic mass is 35.5. The zero-order valence-electron chi connectivity index (χ0n) is 12.9. The van der Waals surface area contributed by atoms with Crippen molar-refractivity contribution in [1.82, 2.24) is 9.97 Å². The molecule has 1 aromatic carbocycles. The van der Waals surface area contributed by atoms with Crippen LogP contribution in [0.5, 0.6) is 0 Å². The number of carbonyl (C=O) groups excluding carboxylic acids is 1. The van der Waals surface area contributed by atoms with E-state index in [1.165, 1.54) is 17.6 Å². The molecule has 0 aliphatic rings. The fraction of sp³-hybridized carbons (Fsp3) is 0.0556. The van der Waals surface area contributed by atoms with Gasteiger partial charge in [0.2, 0.25) is 0 Å². The highest BCUT2D eigenvalue weighted by Gasteiger charge is 2.23. The summed E-state index contributed by atoms with van der Waals surface area (Å²) in [5.74, 6) is 0.0141. The number of pyridine rings is 1. The fourth-order valence-corrected chi connectivity index (χ4v) is 3.67. The monoisotopic (exact) mass is 369 g/mol. The van der Waals surface area contributed by atoms with Gasteiger partial charge in [-0.15, -0.1) is 0 Å². The lowest BCUT2D eigenvalue weighted by molar-refractivity contribution is 0.0958. The van der Waals surface area contributed by atoms with Gasteiger partial charge in [0, 0.05) is 17.4 Å². The van der Waals surface area contributed by atoms with Crippen molar-refractivity contribution in [2.45, 2.75) is 6.54 Å². The molecule has 5 nitrogen and oxygen atoms in total. The summed E-state index contributed by atoms with van der Waals surface area (Å²) in [7, 11) is 0.